The fourth-order valence-corrected chi connectivity index (χ4v) is 3.21. The summed E-state index contributed by atoms with van der Waals surface area (Å²) in [5.74, 6) is -0.237. The van der Waals surface area contributed by atoms with E-state index in [-0.39, 0.29) is 5.91 Å². The van der Waals surface area contributed by atoms with E-state index >= 15 is 0 Å². The molecule has 1 atom stereocenters. The molecule has 1 amide bonds. The van der Waals surface area contributed by atoms with E-state index in [1.807, 2.05) is 18.2 Å². The van der Waals surface area contributed by atoms with Gasteiger partial charge in [0.25, 0.3) is 5.91 Å². The van der Waals surface area contributed by atoms with E-state index in [1.165, 1.54) is 0 Å². The van der Waals surface area contributed by atoms with Gasteiger partial charge in [0.15, 0.2) is 11.9 Å². The predicted molar refractivity (Wildman–Crippen MR) is 102 cm³/mol. The van der Waals surface area contributed by atoms with Crippen LogP contribution < -0.4 is 0 Å². The number of fused-ring (bicyclic) bond motifs is 1. The summed E-state index contributed by atoms with van der Waals surface area (Å²) in [5.41, 5.74) is 1.52. The third-order valence-corrected chi connectivity index (χ3v) is 4.66. The average Bonchev–Trinajstić information content (AvgIpc) is 3.28. The summed E-state index contributed by atoms with van der Waals surface area (Å²) in [5, 5.41) is 0.661. The first-order chi connectivity index (χ1) is 13.6. The minimum Gasteiger partial charge on any atom is -0.463 e. The maximum Gasteiger partial charge on any atom is 0.339 e. The zero-order valence-electron chi connectivity index (χ0n) is 15.5. The van der Waals surface area contributed by atoms with Crippen LogP contribution in [0.25, 0.3) is 22.4 Å². The highest BCUT2D eigenvalue weighted by molar-refractivity contribution is 6.05. The Kier molecular flexibility index (Phi) is 5.08. The first-order valence-electron chi connectivity index (χ1n) is 9.14. The van der Waals surface area contributed by atoms with E-state index in [2.05, 4.69) is 4.98 Å². The lowest BCUT2D eigenvalue weighted by Crippen LogP contribution is -2.46. The summed E-state index contributed by atoms with van der Waals surface area (Å²) in [4.78, 5) is 31.7. The lowest BCUT2D eigenvalue weighted by molar-refractivity contribution is -0.143. The number of hydrogen-bond donors (Lipinski definition) is 0. The highest BCUT2D eigenvalue weighted by Gasteiger charge is 2.26. The second-order valence-electron chi connectivity index (χ2n) is 6.53. The van der Waals surface area contributed by atoms with E-state index < -0.39 is 12.1 Å². The Morgan fingerprint density at radius 3 is 2.68 bits per heavy atom. The van der Waals surface area contributed by atoms with Gasteiger partial charge in [-0.1, -0.05) is 18.2 Å². The number of furan rings is 1. The number of amides is 1. The van der Waals surface area contributed by atoms with E-state index in [0.717, 1.165) is 0 Å². The Hall–Kier alpha value is -3.19. The molecule has 1 aliphatic rings. The number of pyridine rings is 1. The molecule has 0 bridgehead atoms. The molecule has 144 valence electrons. The van der Waals surface area contributed by atoms with Crippen molar-refractivity contribution in [2.45, 2.75) is 13.0 Å². The molecular weight excluding hydrogens is 360 g/mol. The SMILES string of the molecule is CC(OC(=O)c1cc(-c2ccco2)nc2ccccc12)C(=O)N1CCOCC1. The van der Waals surface area contributed by atoms with Gasteiger partial charge in [-0.05, 0) is 31.2 Å². The maximum absolute atomic E-state index is 12.9. The van der Waals surface area contributed by atoms with Crippen molar-refractivity contribution in [2.75, 3.05) is 26.3 Å². The van der Waals surface area contributed by atoms with Gasteiger partial charge >= 0.3 is 5.97 Å². The Balaban J connectivity index is 1.62. The first kappa shape index (κ1) is 18.2. The number of aromatic nitrogens is 1. The molecule has 0 N–H and O–H groups in total. The molecule has 2 aromatic heterocycles. The van der Waals surface area contributed by atoms with Gasteiger partial charge < -0.3 is 18.8 Å². The standard InChI is InChI=1S/C21H20N2O5/c1-14(20(24)23-8-11-26-12-9-23)28-21(25)16-13-18(19-7-4-10-27-19)22-17-6-3-2-5-15(16)17/h2-7,10,13-14H,8-9,11-12H2,1H3. The summed E-state index contributed by atoms with van der Waals surface area (Å²) in [6.45, 7) is 3.58. The zero-order valence-corrected chi connectivity index (χ0v) is 15.5. The van der Waals surface area contributed by atoms with Crippen LogP contribution >= 0.6 is 0 Å². The van der Waals surface area contributed by atoms with Gasteiger partial charge in [-0.15, -0.1) is 0 Å². The minimum absolute atomic E-state index is 0.221. The van der Waals surface area contributed by atoms with Crippen LogP contribution in [0, 0.1) is 0 Å². The summed E-state index contributed by atoms with van der Waals surface area (Å²) in [6.07, 6.45) is 0.664. The number of nitrogens with zero attached hydrogens (tertiary/aromatic N) is 2. The fourth-order valence-electron chi connectivity index (χ4n) is 3.21. The van der Waals surface area contributed by atoms with Gasteiger partial charge in [0.05, 0.1) is 30.6 Å². The van der Waals surface area contributed by atoms with Crippen LogP contribution in [0.15, 0.2) is 53.1 Å². The van der Waals surface area contributed by atoms with Crippen LogP contribution in [0.1, 0.15) is 17.3 Å². The molecule has 0 spiro atoms. The number of benzene rings is 1. The Morgan fingerprint density at radius 1 is 1.14 bits per heavy atom. The third kappa shape index (κ3) is 3.61. The van der Waals surface area contributed by atoms with Crippen LogP contribution in [0.4, 0.5) is 0 Å². The van der Waals surface area contributed by atoms with Crippen molar-refractivity contribution in [3.05, 3.63) is 54.3 Å². The minimum atomic E-state index is -0.885. The first-order valence-corrected chi connectivity index (χ1v) is 9.14. The Bertz CT molecular complexity index is 993. The molecule has 0 radical (unpaired) electrons. The lowest BCUT2D eigenvalue weighted by atomic mass is 10.1. The van der Waals surface area contributed by atoms with Crippen molar-refractivity contribution in [1.29, 1.82) is 0 Å². The van der Waals surface area contributed by atoms with Gasteiger partial charge in [0.2, 0.25) is 0 Å². The molecular formula is C21H20N2O5. The maximum atomic E-state index is 12.9. The molecule has 1 aliphatic heterocycles. The van der Waals surface area contributed by atoms with Crippen LogP contribution in [-0.4, -0.2) is 54.2 Å². The number of carbonyl (C=O) groups excluding carboxylic acids is 2. The fraction of sp³-hybridized carbons (Fsp3) is 0.286. The molecule has 3 aromatic rings. The summed E-state index contributed by atoms with van der Waals surface area (Å²) >= 11 is 0. The molecule has 1 aromatic carbocycles. The molecule has 28 heavy (non-hydrogen) atoms. The quantitative estimate of drug-likeness (QED) is 0.648. The number of ether oxygens (including phenoxy) is 2. The summed E-state index contributed by atoms with van der Waals surface area (Å²) in [7, 11) is 0. The second kappa shape index (κ2) is 7.82. The number of carbonyl (C=O) groups is 2. The van der Waals surface area contributed by atoms with Crippen molar-refractivity contribution in [3.8, 4) is 11.5 Å². The molecule has 3 heterocycles. The highest BCUT2D eigenvalue weighted by atomic mass is 16.5. The van der Waals surface area contributed by atoms with Crippen molar-refractivity contribution in [3.63, 3.8) is 0 Å². The van der Waals surface area contributed by atoms with Crippen molar-refractivity contribution >= 4 is 22.8 Å². The molecule has 0 saturated carbocycles. The van der Waals surface area contributed by atoms with Gasteiger partial charge in [0, 0.05) is 18.5 Å². The molecule has 7 heteroatoms. The molecule has 1 fully saturated rings. The van der Waals surface area contributed by atoms with Gasteiger partial charge in [-0.25, -0.2) is 9.78 Å². The molecule has 4 rings (SSSR count). The smallest absolute Gasteiger partial charge is 0.339 e. The van der Waals surface area contributed by atoms with Crippen LogP contribution in [0.2, 0.25) is 0 Å². The summed E-state index contributed by atoms with van der Waals surface area (Å²) in [6, 6.07) is 12.5. The molecule has 0 aliphatic carbocycles. The zero-order chi connectivity index (χ0) is 19.5. The van der Waals surface area contributed by atoms with Crippen LogP contribution in [-0.2, 0) is 14.3 Å². The number of rotatable bonds is 4. The average molecular weight is 380 g/mol. The highest BCUT2D eigenvalue weighted by Crippen LogP contribution is 2.26. The van der Waals surface area contributed by atoms with Crippen molar-refractivity contribution in [2.24, 2.45) is 0 Å². The van der Waals surface area contributed by atoms with Crippen LogP contribution in [0.5, 0.6) is 0 Å². The molecule has 1 saturated heterocycles. The van der Waals surface area contributed by atoms with Crippen molar-refractivity contribution in [1.82, 2.24) is 9.88 Å². The lowest BCUT2D eigenvalue weighted by Gasteiger charge is -2.29. The number of morpholine rings is 1. The van der Waals surface area contributed by atoms with Gasteiger partial charge in [0.1, 0.15) is 5.69 Å². The number of hydrogen-bond acceptors (Lipinski definition) is 6. The topological polar surface area (TPSA) is 81.9 Å². The van der Waals surface area contributed by atoms with Gasteiger partial charge in [-0.2, -0.15) is 0 Å². The number of esters is 1. The molecule has 1 unspecified atom stereocenters. The van der Waals surface area contributed by atoms with E-state index in [4.69, 9.17) is 13.9 Å². The summed E-state index contributed by atoms with van der Waals surface area (Å²) < 4.78 is 16.2. The largest absolute Gasteiger partial charge is 0.463 e. The van der Waals surface area contributed by atoms with Crippen molar-refractivity contribution < 1.29 is 23.5 Å². The second-order valence-corrected chi connectivity index (χ2v) is 6.53. The molecule has 7 nitrogen and oxygen atoms in total. The Labute approximate surface area is 161 Å². The predicted octanol–water partition coefficient (Wildman–Crippen LogP) is 2.90. The van der Waals surface area contributed by atoms with Crippen LogP contribution in [0.3, 0.4) is 0 Å². The van der Waals surface area contributed by atoms with E-state index in [0.29, 0.717) is 54.2 Å². The van der Waals surface area contributed by atoms with Gasteiger partial charge in [-0.3, -0.25) is 4.79 Å². The third-order valence-electron chi connectivity index (χ3n) is 4.66. The normalized spacial score (nSPS) is 15.4. The monoisotopic (exact) mass is 380 g/mol. The van der Waals surface area contributed by atoms with E-state index in [9.17, 15) is 9.59 Å². The number of para-hydroxylation sites is 1. The Morgan fingerprint density at radius 2 is 1.93 bits per heavy atom. The van der Waals surface area contributed by atoms with E-state index in [1.54, 1.807) is 42.4 Å².